The van der Waals surface area contributed by atoms with E-state index in [2.05, 4.69) is 0 Å². The molecule has 0 radical (unpaired) electrons. The minimum Gasteiger partial charge on any atom is -0.482 e. The largest absolute Gasteiger partial charge is 0.482 e. The first-order valence-electron chi connectivity index (χ1n) is 10.3. The van der Waals surface area contributed by atoms with Gasteiger partial charge in [0.15, 0.2) is 12.4 Å². The third-order valence-corrected chi connectivity index (χ3v) is 6.96. The van der Waals surface area contributed by atoms with E-state index in [1.807, 2.05) is 32.8 Å². The molecule has 1 unspecified atom stereocenters. The van der Waals surface area contributed by atoms with Crippen molar-refractivity contribution < 1.29 is 14.3 Å². The second-order valence-corrected chi connectivity index (χ2v) is 9.57. The van der Waals surface area contributed by atoms with Gasteiger partial charge in [0.1, 0.15) is 16.4 Å². The lowest BCUT2D eigenvalue weighted by atomic mass is 10.0. The molecule has 1 atom stereocenters. The van der Waals surface area contributed by atoms with Gasteiger partial charge in [-0.05, 0) is 58.6 Å². The van der Waals surface area contributed by atoms with Gasteiger partial charge >= 0.3 is 0 Å². The Morgan fingerprint density at radius 2 is 2.00 bits per heavy atom. The molecule has 1 amide bonds. The fourth-order valence-corrected chi connectivity index (χ4v) is 4.96. The first-order valence-corrected chi connectivity index (χ1v) is 11.1. The molecule has 0 bridgehead atoms. The van der Waals surface area contributed by atoms with Crippen LogP contribution in [0.3, 0.4) is 0 Å². The predicted molar refractivity (Wildman–Crippen MR) is 125 cm³/mol. The number of ketones is 1. The predicted octanol–water partition coefficient (Wildman–Crippen LogP) is 2.94. The summed E-state index contributed by atoms with van der Waals surface area (Å²) in [6.45, 7) is 6.00. The maximum atomic E-state index is 13.6. The number of nitrogens with zero attached hydrogens (tertiary/aromatic N) is 4. The van der Waals surface area contributed by atoms with Crippen LogP contribution in [0.2, 0.25) is 0 Å². The summed E-state index contributed by atoms with van der Waals surface area (Å²) in [6, 6.07) is 4.24. The number of anilines is 1. The molecule has 168 valence electrons. The topological polar surface area (TPSA) is 84.7 Å². The number of aromatic nitrogens is 2. The number of benzene rings is 1. The van der Waals surface area contributed by atoms with Crippen molar-refractivity contribution >= 4 is 38.9 Å². The van der Waals surface area contributed by atoms with E-state index in [0.29, 0.717) is 39.6 Å². The van der Waals surface area contributed by atoms with Crippen LogP contribution in [-0.4, -0.2) is 53.9 Å². The van der Waals surface area contributed by atoms with Crippen molar-refractivity contribution in [2.45, 2.75) is 33.4 Å². The molecule has 3 heterocycles. The third-order valence-electron chi connectivity index (χ3n) is 5.86. The molecule has 3 aromatic rings. The number of likely N-dealkylation sites (N-methyl/N-ethyl adjacent to an activating group) is 1. The van der Waals surface area contributed by atoms with Crippen molar-refractivity contribution in [1.29, 1.82) is 0 Å². The van der Waals surface area contributed by atoms with Gasteiger partial charge in [-0.15, -0.1) is 11.3 Å². The van der Waals surface area contributed by atoms with E-state index < -0.39 is 6.04 Å². The van der Waals surface area contributed by atoms with Gasteiger partial charge < -0.3 is 14.5 Å². The van der Waals surface area contributed by atoms with E-state index in [9.17, 15) is 14.4 Å². The molecule has 0 saturated heterocycles. The maximum absolute atomic E-state index is 13.6. The molecule has 2 aromatic heterocycles. The number of aryl methyl sites for hydroxylation is 2. The lowest BCUT2D eigenvalue weighted by Gasteiger charge is -2.26. The van der Waals surface area contributed by atoms with E-state index in [0.717, 1.165) is 10.4 Å². The zero-order valence-corrected chi connectivity index (χ0v) is 19.9. The molecule has 1 aliphatic rings. The summed E-state index contributed by atoms with van der Waals surface area (Å²) >= 11 is 1.50. The summed E-state index contributed by atoms with van der Waals surface area (Å²) in [6.07, 6.45) is 0. The van der Waals surface area contributed by atoms with Crippen LogP contribution in [-0.2, 0) is 11.3 Å². The highest BCUT2D eigenvalue weighted by atomic mass is 32.1. The lowest BCUT2D eigenvalue weighted by molar-refractivity contribution is -0.120. The van der Waals surface area contributed by atoms with Crippen LogP contribution in [0.1, 0.15) is 39.6 Å². The average Bonchev–Trinajstić information content (AvgIpc) is 3.03. The molecule has 0 N–H and O–H groups in total. The number of amides is 1. The Kier molecular flexibility index (Phi) is 5.64. The van der Waals surface area contributed by atoms with Crippen molar-refractivity contribution in [3.63, 3.8) is 0 Å². The van der Waals surface area contributed by atoms with Crippen molar-refractivity contribution in [1.82, 2.24) is 14.5 Å². The Hall–Kier alpha value is -3.04. The molecule has 0 fully saturated rings. The van der Waals surface area contributed by atoms with Gasteiger partial charge in [-0.2, -0.15) is 0 Å². The molecule has 0 spiro atoms. The molecule has 0 saturated carbocycles. The fraction of sp³-hybridized carbons (Fsp3) is 0.391. The number of thiophene rings is 1. The van der Waals surface area contributed by atoms with Crippen LogP contribution in [0.15, 0.2) is 23.0 Å². The second kappa shape index (κ2) is 8.14. The zero-order valence-electron chi connectivity index (χ0n) is 19.1. The number of hydrogen-bond donors (Lipinski definition) is 0. The first-order chi connectivity index (χ1) is 15.1. The van der Waals surface area contributed by atoms with Crippen LogP contribution < -0.4 is 15.2 Å². The lowest BCUT2D eigenvalue weighted by Crippen LogP contribution is -2.36. The van der Waals surface area contributed by atoms with Crippen molar-refractivity contribution in [2.75, 3.05) is 32.6 Å². The maximum Gasteiger partial charge on any atom is 0.264 e. The van der Waals surface area contributed by atoms with Gasteiger partial charge in [-0.1, -0.05) is 0 Å². The van der Waals surface area contributed by atoms with E-state index in [1.54, 1.807) is 32.2 Å². The molecule has 8 nitrogen and oxygen atoms in total. The standard InChI is InChI=1S/C23H26N4O4S/c1-12-14(3)32-22-20(12)23(30)27(18(24-22)10-25(4)5)13(2)21(29)15-7-8-17-16(9-15)26(6)19(28)11-31-17/h7-9,13H,10-11H2,1-6H3. The highest BCUT2D eigenvalue weighted by Gasteiger charge is 2.28. The van der Waals surface area contributed by atoms with Gasteiger partial charge in [0.25, 0.3) is 11.5 Å². The summed E-state index contributed by atoms with van der Waals surface area (Å²) in [4.78, 5) is 49.0. The summed E-state index contributed by atoms with van der Waals surface area (Å²) in [5.74, 6) is 0.682. The van der Waals surface area contributed by atoms with Crippen LogP contribution >= 0.6 is 11.3 Å². The summed E-state index contributed by atoms with van der Waals surface area (Å²) in [5.41, 5.74) is 1.64. The summed E-state index contributed by atoms with van der Waals surface area (Å²) in [7, 11) is 5.45. The number of ether oxygens (including phenoxy) is 1. The normalized spacial score (nSPS) is 14.6. The molecule has 0 aliphatic carbocycles. The van der Waals surface area contributed by atoms with E-state index in [1.165, 1.54) is 20.8 Å². The monoisotopic (exact) mass is 454 g/mol. The SMILES string of the molecule is Cc1sc2nc(CN(C)C)n(C(C)C(=O)c3ccc4c(c3)N(C)C(=O)CO4)c(=O)c2c1C. The third kappa shape index (κ3) is 3.61. The van der Waals surface area contributed by atoms with Gasteiger partial charge in [0.2, 0.25) is 0 Å². The Labute approximate surface area is 190 Å². The van der Waals surface area contributed by atoms with Crippen molar-refractivity contribution in [3.8, 4) is 5.75 Å². The van der Waals surface area contributed by atoms with Crippen molar-refractivity contribution in [2.24, 2.45) is 0 Å². The van der Waals surface area contributed by atoms with Gasteiger partial charge in [0.05, 0.1) is 23.7 Å². The average molecular weight is 455 g/mol. The number of fused-ring (bicyclic) bond motifs is 2. The van der Waals surface area contributed by atoms with Crippen LogP contribution in [0, 0.1) is 13.8 Å². The van der Waals surface area contributed by atoms with E-state index in [4.69, 9.17) is 9.72 Å². The van der Waals surface area contributed by atoms with E-state index in [-0.39, 0.29) is 23.9 Å². The second-order valence-electron chi connectivity index (χ2n) is 8.37. The van der Waals surface area contributed by atoms with Crippen LogP contribution in [0.25, 0.3) is 10.2 Å². The Balaban J connectivity index is 1.83. The minimum atomic E-state index is -0.766. The summed E-state index contributed by atoms with van der Waals surface area (Å²) in [5, 5.41) is 0.568. The number of hydrogen-bond acceptors (Lipinski definition) is 7. The quantitative estimate of drug-likeness (QED) is 0.551. The fourth-order valence-electron chi connectivity index (χ4n) is 3.93. The Morgan fingerprint density at radius 3 is 2.69 bits per heavy atom. The Bertz CT molecular complexity index is 1310. The zero-order chi connectivity index (χ0) is 23.3. The highest BCUT2D eigenvalue weighted by Crippen LogP contribution is 2.33. The van der Waals surface area contributed by atoms with Gasteiger partial charge in [-0.3, -0.25) is 19.0 Å². The molecule has 1 aliphatic heterocycles. The molecule has 4 rings (SSSR count). The smallest absolute Gasteiger partial charge is 0.264 e. The number of carbonyl (C=O) groups excluding carboxylic acids is 2. The molecule has 9 heteroatoms. The highest BCUT2D eigenvalue weighted by molar-refractivity contribution is 7.18. The summed E-state index contributed by atoms with van der Waals surface area (Å²) < 4.78 is 6.97. The van der Waals surface area contributed by atoms with Crippen LogP contribution in [0.5, 0.6) is 5.75 Å². The van der Waals surface area contributed by atoms with Crippen molar-refractivity contribution in [3.05, 3.63) is 50.4 Å². The molecule has 32 heavy (non-hydrogen) atoms. The Morgan fingerprint density at radius 1 is 1.28 bits per heavy atom. The number of carbonyl (C=O) groups is 2. The minimum absolute atomic E-state index is 0.0262. The van der Waals surface area contributed by atoms with Crippen LogP contribution in [0.4, 0.5) is 5.69 Å². The molecule has 1 aromatic carbocycles. The molecular formula is C23H26N4O4S. The van der Waals surface area contributed by atoms with Gasteiger partial charge in [-0.25, -0.2) is 4.98 Å². The number of Topliss-reactive ketones (excluding diaryl/α,β-unsaturated/α-hetero) is 1. The first kappa shape index (κ1) is 22.2. The van der Waals surface area contributed by atoms with E-state index >= 15 is 0 Å². The van der Waals surface area contributed by atoms with Gasteiger partial charge in [0, 0.05) is 17.5 Å². The molecular weight excluding hydrogens is 428 g/mol. The number of rotatable bonds is 5.